The second-order valence-electron chi connectivity index (χ2n) is 2.93. The Labute approximate surface area is 85.4 Å². The lowest BCUT2D eigenvalue weighted by Gasteiger charge is -2.17. The fourth-order valence-electron chi connectivity index (χ4n) is 1.10. The third kappa shape index (κ3) is 3.35. The summed E-state index contributed by atoms with van der Waals surface area (Å²) >= 11 is 0. The maximum Gasteiger partial charge on any atom is 0.0940 e. The second kappa shape index (κ2) is 5.97. The van der Waals surface area contributed by atoms with Crippen molar-refractivity contribution in [2.24, 2.45) is 0 Å². The molecule has 0 amide bonds. The highest BCUT2D eigenvalue weighted by molar-refractivity contribution is 5.18. The summed E-state index contributed by atoms with van der Waals surface area (Å²) in [6.07, 6.45) is -0.420. The monoisotopic (exact) mass is 200 g/mol. The molecule has 1 aromatic carbocycles. The third-order valence-electron chi connectivity index (χ3n) is 2.07. The summed E-state index contributed by atoms with van der Waals surface area (Å²) in [5.74, 6) is 0. The number of hydrogen-bond donors (Lipinski definition) is 2. The van der Waals surface area contributed by atoms with E-state index in [2.05, 4.69) is 5.32 Å². The van der Waals surface area contributed by atoms with Crippen LogP contribution in [0, 0.1) is 0 Å². The van der Waals surface area contributed by atoms with Crippen molar-refractivity contribution in [1.29, 1.82) is 0 Å². The summed E-state index contributed by atoms with van der Waals surface area (Å²) in [5, 5.41) is 12.7. The van der Waals surface area contributed by atoms with Crippen LogP contribution < -0.4 is 17.7 Å². The minimum absolute atomic E-state index is 0. The van der Waals surface area contributed by atoms with E-state index in [9.17, 15) is 5.11 Å². The molecule has 2 atom stereocenters. The molecule has 0 aliphatic rings. The normalized spacial score (nSPS) is 14.4. The molecular formula is C10H15ClNO-. The van der Waals surface area contributed by atoms with Gasteiger partial charge in [0.25, 0.3) is 0 Å². The molecule has 74 valence electrons. The predicted molar refractivity (Wildman–Crippen MR) is 49.9 cm³/mol. The Bertz CT molecular complexity index is 228. The van der Waals surface area contributed by atoms with Gasteiger partial charge in [-0.2, -0.15) is 0 Å². The van der Waals surface area contributed by atoms with Crippen LogP contribution in [0.2, 0.25) is 0 Å². The first kappa shape index (κ1) is 12.4. The molecular weight excluding hydrogens is 186 g/mol. The van der Waals surface area contributed by atoms with Gasteiger partial charge in [-0.25, -0.2) is 0 Å². The number of halogens is 1. The fraction of sp³-hybridized carbons (Fsp3) is 0.400. The van der Waals surface area contributed by atoms with Gasteiger partial charge in [0.05, 0.1) is 6.10 Å². The molecule has 0 spiro atoms. The molecule has 0 saturated carbocycles. The average Bonchev–Trinajstić information content (AvgIpc) is 2.17. The zero-order chi connectivity index (χ0) is 8.97. The first-order valence-electron chi connectivity index (χ1n) is 4.16. The Kier molecular flexibility index (Phi) is 5.71. The number of hydrogen-bond acceptors (Lipinski definition) is 2. The van der Waals surface area contributed by atoms with Gasteiger partial charge in [0.1, 0.15) is 0 Å². The molecule has 1 unspecified atom stereocenters. The smallest absolute Gasteiger partial charge is 0.0940 e. The van der Waals surface area contributed by atoms with Gasteiger partial charge in [0.15, 0.2) is 0 Å². The number of nitrogens with one attached hydrogen (secondary N) is 1. The summed E-state index contributed by atoms with van der Waals surface area (Å²) in [7, 11) is 1.84. The van der Waals surface area contributed by atoms with Gasteiger partial charge in [-0.05, 0) is 19.5 Å². The van der Waals surface area contributed by atoms with Crippen molar-refractivity contribution in [3.8, 4) is 0 Å². The summed E-state index contributed by atoms with van der Waals surface area (Å²) in [4.78, 5) is 0. The molecule has 1 rings (SSSR count). The maximum atomic E-state index is 9.73. The van der Waals surface area contributed by atoms with E-state index < -0.39 is 6.10 Å². The van der Waals surface area contributed by atoms with Gasteiger partial charge in [-0.1, -0.05) is 30.3 Å². The molecule has 0 aliphatic carbocycles. The third-order valence-corrected chi connectivity index (χ3v) is 2.07. The quantitative estimate of drug-likeness (QED) is 0.612. The van der Waals surface area contributed by atoms with Crippen molar-refractivity contribution < 1.29 is 17.5 Å². The zero-order valence-corrected chi connectivity index (χ0v) is 8.62. The lowest BCUT2D eigenvalue weighted by Crippen LogP contribution is -3.00. The highest BCUT2D eigenvalue weighted by Gasteiger charge is 2.12. The largest absolute Gasteiger partial charge is 1.00 e. The van der Waals surface area contributed by atoms with Crippen molar-refractivity contribution in [3.63, 3.8) is 0 Å². The maximum absolute atomic E-state index is 9.73. The molecule has 0 aliphatic heterocycles. The average molecular weight is 201 g/mol. The number of rotatable bonds is 3. The minimum Gasteiger partial charge on any atom is -1.00 e. The van der Waals surface area contributed by atoms with E-state index >= 15 is 0 Å². The number of aliphatic hydroxyl groups excluding tert-OH is 1. The molecule has 2 nitrogen and oxygen atoms in total. The minimum atomic E-state index is -0.420. The highest BCUT2D eigenvalue weighted by Crippen LogP contribution is 2.15. The van der Waals surface area contributed by atoms with Gasteiger partial charge in [-0.15, -0.1) is 0 Å². The number of benzene rings is 1. The van der Waals surface area contributed by atoms with E-state index in [4.69, 9.17) is 0 Å². The molecule has 1 aromatic rings. The molecule has 0 heterocycles. The SMILES string of the molecule is CNC(C)[C@H](O)c1ccccc1.[Cl-]. The Balaban J connectivity index is 0.00000144. The van der Waals surface area contributed by atoms with Crippen LogP contribution in [0.15, 0.2) is 30.3 Å². The van der Waals surface area contributed by atoms with E-state index in [1.54, 1.807) is 0 Å². The van der Waals surface area contributed by atoms with Crippen molar-refractivity contribution in [2.75, 3.05) is 7.05 Å². The fourth-order valence-corrected chi connectivity index (χ4v) is 1.10. The second-order valence-corrected chi connectivity index (χ2v) is 2.93. The van der Waals surface area contributed by atoms with Crippen LogP contribution in [0.4, 0.5) is 0 Å². The van der Waals surface area contributed by atoms with Gasteiger partial charge in [0.2, 0.25) is 0 Å². The first-order chi connectivity index (χ1) is 5.75. The summed E-state index contributed by atoms with van der Waals surface area (Å²) < 4.78 is 0. The lowest BCUT2D eigenvalue weighted by atomic mass is 10.0. The van der Waals surface area contributed by atoms with E-state index in [-0.39, 0.29) is 18.4 Å². The van der Waals surface area contributed by atoms with Crippen molar-refractivity contribution in [3.05, 3.63) is 35.9 Å². The lowest BCUT2D eigenvalue weighted by molar-refractivity contribution is -0.00000403. The van der Waals surface area contributed by atoms with Crippen LogP contribution in [0.1, 0.15) is 18.6 Å². The predicted octanol–water partition coefficient (Wildman–Crippen LogP) is -1.67. The van der Waals surface area contributed by atoms with Crippen LogP contribution in [0.5, 0.6) is 0 Å². The van der Waals surface area contributed by atoms with E-state index in [1.807, 2.05) is 44.3 Å². The Morgan fingerprint density at radius 1 is 1.23 bits per heavy atom. The Morgan fingerprint density at radius 3 is 2.23 bits per heavy atom. The molecule has 0 saturated heterocycles. The van der Waals surface area contributed by atoms with Gasteiger partial charge >= 0.3 is 0 Å². The molecule has 0 fully saturated rings. The van der Waals surface area contributed by atoms with Crippen LogP contribution in [0.25, 0.3) is 0 Å². The molecule has 0 radical (unpaired) electrons. The Hall–Kier alpha value is -0.570. The van der Waals surface area contributed by atoms with Crippen LogP contribution in [-0.2, 0) is 0 Å². The summed E-state index contributed by atoms with van der Waals surface area (Å²) in [6, 6.07) is 9.76. The van der Waals surface area contributed by atoms with E-state index in [1.165, 1.54) is 0 Å². The Morgan fingerprint density at radius 2 is 1.77 bits per heavy atom. The molecule has 2 N–H and O–H groups in total. The molecule has 0 aromatic heterocycles. The topological polar surface area (TPSA) is 32.3 Å². The van der Waals surface area contributed by atoms with E-state index in [0.717, 1.165) is 5.56 Å². The molecule has 3 heteroatoms. The number of likely N-dealkylation sites (N-methyl/N-ethyl adjacent to an activating group) is 1. The van der Waals surface area contributed by atoms with Crippen molar-refractivity contribution >= 4 is 0 Å². The molecule has 13 heavy (non-hydrogen) atoms. The zero-order valence-electron chi connectivity index (χ0n) is 7.87. The standard InChI is InChI=1S/C10H15NO.ClH/c1-8(11-2)10(12)9-6-4-3-5-7-9;/h3-8,10-12H,1-2H3;1H/p-1/t8?,10-;/m0./s1. The van der Waals surface area contributed by atoms with Gasteiger partial charge in [0, 0.05) is 6.04 Å². The first-order valence-corrected chi connectivity index (χ1v) is 4.16. The van der Waals surface area contributed by atoms with Crippen LogP contribution in [0.3, 0.4) is 0 Å². The number of aliphatic hydroxyl groups is 1. The van der Waals surface area contributed by atoms with Gasteiger partial charge in [-0.3, -0.25) is 0 Å². The van der Waals surface area contributed by atoms with Crippen molar-refractivity contribution in [1.82, 2.24) is 5.32 Å². The highest BCUT2D eigenvalue weighted by atomic mass is 35.5. The van der Waals surface area contributed by atoms with Crippen LogP contribution >= 0.6 is 0 Å². The van der Waals surface area contributed by atoms with Crippen molar-refractivity contribution in [2.45, 2.75) is 19.1 Å². The molecule has 0 bridgehead atoms. The van der Waals surface area contributed by atoms with E-state index in [0.29, 0.717) is 0 Å². The van der Waals surface area contributed by atoms with Gasteiger partial charge < -0.3 is 22.8 Å². The van der Waals surface area contributed by atoms with Crippen LogP contribution in [-0.4, -0.2) is 18.2 Å². The summed E-state index contributed by atoms with van der Waals surface area (Å²) in [5.41, 5.74) is 0.958. The summed E-state index contributed by atoms with van der Waals surface area (Å²) in [6.45, 7) is 1.96.